The number of carbonyl (C=O) groups excluding carboxylic acids is 1. The summed E-state index contributed by atoms with van der Waals surface area (Å²) in [5, 5.41) is 10.4. The first-order valence-corrected chi connectivity index (χ1v) is 6.43. The number of aliphatic hydroxyl groups is 1. The maximum atomic E-state index is 11.9. The number of rotatable bonds is 4. The fourth-order valence-electron chi connectivity index (χ4n) is 2.27. The van der Waals surface area contributed by atoms with Gasteiger partial charge in [0.2, 0.25) is 0 Å². The second-order valence-corrected chi connectivity index (χ2v) is 5.72. The molecule has 2 heteroatoms. The average molecular weight is 236 g/mol. The molecule has 0 amide bonds. The fraction of sp³-hybridized carbons (Fsp3) is 0.667. The van der Waals surface area contributed by atoms with Crippen molar-refractivity contribution in [3.05, 3.63) is 23.8 Å². The van der Waals surface area contributed by atoms with Crippen LogP contribution in [0.5, 0.6) is 0 Å². The molecule has 17 heavy (non-hydrogen) atoms. The molecule has 0 fully saturated rings. The molecular weight excluding hydrogens is 212 g/mol. The lowest BCUT2D eigenvalue weighted by Crippen LogP contribution is -2.40. The second kappa shape index (κ2) is 5.63. The molecule has 0 saturated heterocycles. The molecule has 1 N–H and O–H groups in total. The van der Waals surface area contributed by atoms with Gasteiger partial charge < -0.3 is 5.11 Å². The van der Waals surface area contributed by atoms with E-state index in [-0.39, 0.29) is 11.7 Å². The first kappa shape index (κ1) is 14.2. The van der Waals surface area contributed by atoms with Crippen LogP contribution in [0.15, 0.2) is 23.8 Å². The number of carbonyl (C=O) groups is 1. The molecule has 0 bridgehead atoms. The van der Waals surface area contributed by atoms with Crippen LogP contribution in [0.25, 0.3) is 0 Å². The highest BCUT2D eigenvalue weighted by molar-refractivity contribution is 5.94. The molecule has 0 aromatic heterocycles. The van der Waals surface area contributed by atoms with E-state index in [1.165, 1.54) is 0 Å². The molecule has 0 spiro atoms. The van der Waals surface area contributed by atoms with Gasteiger partial charge >= 0.3 is 0 Å². The van der Waals surface area contributed by atoms with E-state index in [0.717, 1.165) is 18.4 Å². The van der Waals surface area contributed by atoms with Gasteiger partial charge in [-0.2, -0.15) is 0 Å². The number of allylic oxidation sites excluding steroid dienone is 3. The van der Waals surface area contributed by atoms with Gasteiger partial charge in [0.05, 0.1) is 11.5 Å². The van der Waals surface area contributed by atoms with Crippen LogP contribution in [0.1, 0.15) is 47.0 Å². The maximum absolute atomic E-state index is 11.9. The SMILES string of the molecule is CC1=CC(=O)[C@H]([C@@](C)(O)C/C=C/C(C)C)CC1. The Hall–Kier alpha value is -0.890. The molecule has 1 aliphatic rings. The third kappa shape index (κ3) is 4.12. The van der Waals surface area contributed by atoms with Crippen LogP contribution < -0.4 is 0 Å². The van der Waals surface area contributed by atoms with Crippen molar-refractivity contribution in [2.45, 2.75) is 52.6 Å². The van der Waals surface area contributed by atoms with E-state index in [1.54, 1.807) is 13.0 Å². The van der Waals surface area contributed by atoms with E-state index in [1.807, 2.05) is 13.0 Å². The minimum absolute atomic E-state index is 0.0803. The smallest absolute Gasteiger partial charge is 0.161 e. The van der Waals surface area contributed by atoms with E-state index >= 15 is 0 Å². The normalized spacial score (nSPS) is 25.2. The van der Waals surface area contributed by atoms with Crippen molar-refractivity contribution in [3.8, 4) is 0 Å². The zero-order valence-electron chi connectivity index (χ0n) is 11.4. The molecular formula is C15H24O2. The summed E-state index contributed by atoms with van der Waals surface area (Å²) in [5.41, 5.74) is 0.208. The predicted molar refractivity (Wildman–Crippen MR) is 70.7 cm³/mol. The maximum Gasteiger partial charge on any atom is 0.161 e. The number of ketones is 1. The zero-order valence-corrected chi connectivity index (χ0v) is 11.4. The van der Waals surface area contributed by atoms with Gasteiger partial charge in [0.1, 0.15) is 0 Å². The van der Waals surface area contributed by atoms with Crippen LogP contribution in [0, 0.1) is 11.8 Å². The standard InChI is InChI=1S/C15H24O2/c1-11(2)6-5-9-15(4,17)13-8-7-12(3)10-14(13)16/h5-6,10-11,13,17H,7-9H2,1-4H3/b6-5+/t13-,15+/m1/s1. The topological polar surface area (TPSA) is 37.3 Å². The second-order valence-electron chi connectivity index (χ2n) is 5.72. The predicted octanol–water partition coefficient (Wildman–Crippen LogP) is 3.27. The van der Waals surface area contributed by atoms with Crippen molar-refractivity contribution in [1.82, 2.24) is 0 Å². The Balaban J connectivity index is 2.67. The summed E-state index contributed by atoms with van der Waals surface area (Å²) in [6, 6.07) is 0. The van der Waals surface area contributed by atoms with E-state index in [4.69, 9.17) is 0 Å². The number of hydrogen-bond donors (Lipinski definition) is 1. The molecule has 2 atom stereocenters. The summed E-state index contributed by atoms with van der Waals surface area (Å²) >= 11 is 0. The lowest BCUT2D eigenvalue weighted by atomic mass is 9.76. The molecule has 2 nitrogen and oxygen atoms in total. The summed E-state index contributed by atoms with van der Waals surface area (Å²) < 4.78 is 0. The van der Waals surface area contributed by atoms with Crippen molar-refractivity contribution in [2.24, 2.45) is 11.8 Å². The highest BCUT2D eigenvalue weighted by Crippen LogP contribution is 2.32. The third-order valence-electron chi connectivity index (χ3n) is 3.36. The molecule has 0 aromatic carbocycles. The molecule has 1 rings (SSSR count). The Morgan fingerprint density at radius 2 is 2.24 bits per heavy atom. The summed E-state index contributed by atoms with van der Waals surface area (Å²) in [7, 11) is 0. The van der Waals surface area contributed by atoms with Gasteiger partial charge in [0.15, 0.2) is 5.78 Å². The van der Waals surface area contributed by atoms with Crippen molar-refractivity contribution in [2.75, 3.05) is 0 Å². The average Bonchev–Trinajstić information content (AvgIpc) is 2.15. The largest absolute Gasteiger partial charge is 0.389 e. The van der Waals surface area contributed by atoms with E-state index in [2.05, 4.69) is 19.9 Å². The molecule has 0 aromatic rings. The zero-order chi connectivity index (χ0) is 13.1. The minimum Gasteiger partial charge on any atom is -0.389 e. The fourth-order valence-corrected chi connectivity index (χ4v) is 2.27. The molecule has 96 valence electrons. The monoisotopic (exact) mass is 236 g/mol. The number of hydrogen-bond acceptors (Lipinski definition) is 2. The van der Waals surface area contributed by atoms with Gasteiger partial charge in [-0.05, 0) is 45.1 Å². The van der Waals surface area contributed by atoms with Crippen LogP contribution in [-0.4, -0.2) is 16.5 Å². The minimum atomic E-state index is -0.917. The van der Waals surface area contributed by atoms with E-state index < -0.39 is 5.60 Å². The van der Waals surface area contributed by atoms with Gasteiger partial charge in [-0.25, -0.2) is 0 Å². The summed E-state index contributed by atoms with van der Waals surface area (Å²) in [6.07, 6.45) is 7.99. The van der Waals surface area contributed by atoms with Crippen LogP contribution >= 0.6 is 0 Å². The van der Waals surface area contributed by atoms with Crippen LogP contribution in [0.2, 0.25) is 0 Å². The summed E-state index contributed by atoms with van der Waals surface area (Å²) in [5.74, 6) is 0.315. The van der Waals surface area contributed by atoms with Crippen molar-refractivity contribution < 1.29 is 9.90 Å². The van der Waals surface area contributed by atoms with Crippen molar-refractivity contribution >= 4 is 5.78 Å². The van der Waals surface area contributed by atoms with Crippen LogP contribution in [-0.2, 0) is 4.79 Å². The Labute approximate surface area is 104 Å². The molecule has 1 aliphatic carbocycles. The van der Waals surface area contributed by atoms with Crippen molar-refractivity contribution in [3.63, 3.8) is 0 Å². The van der Waals surface area contributed by atoms with Gasteiger partial charge in [0.25, 0.3) is 0 Å². The Morgan fingerprint density at radius 3 is 2.76 bits per heavy atom. The molecule has 0 saturated carbocycles. The Bertz CT molecular complexity index is 335. The first-order chi connectivity index (χ1) is 7.83. The van der Waals surface area contributed by atoms with E-state index in [9.17, 15) is 9.90 Å². The van der Waals surface area contributed by atoms with Gasteiger partial charge in [-0.1, -0.05) is 31.6 Å². The summed E-state index contributed by atoms with van der Waals surface area (Å²) in [4.78, 5) is 11.9. The highest BCUT2D eigenvalue weighted by atomic mass is 16.3. The lowest BCUT2D eigenvalue weighted by Gasteiger charge is -2.32. The molecule has 0 heterocycles. The van der Waals surface area contributed by atoms with Gasteiger partial charge in [-0.15, -0.1) is 0 Å². The molecule has 0 unspecified atom stereocenters. The van der Waals surface area contributed by atoms with Gasteiger partial charge in [0, 0.05) is 0 Å². The van der Waals surface area contributed by atoms with Crippen molar-refractivity contribution in [1.29, 1.82) is 0 Å². The Kier molecular flexibility index (Phi) is 4.70. The molecule has 0 radical (unpaired) electrons. The van der Waals surface area contributed by atoms with E-state index in [0.29, 0.717) is 12.3 Å². The third-order valence-corrected chi connectivity index (χ3v) is 3.36. The van der Waals surface area contributed by atoms with Crippen LogP contribution in [0.3, 0.4) is 0 Å². The first-order valence-electron chi connectivity index (χ1n) is 6.43. The highest BCUT2D eigenvalue weighted by Gasteiger charge is 2.36. The lowest BCUT2D eigenvalue weighted by molar-refractivity contribution is -0.127. The van der Waals surface area contributed by atoms with Crippen LogP contribution in [0.4, 0.5) is 0 Å². The van der Waals surface area contributed by atoms with Gasteiger partial charge in [-0.3, -0.25) is 4.79 Å². The Morgan fingerprint density at radius 1 is 1.59 bits per heavy atom. The quantitative estimate of drug-likeness (QED) is 0.761. The summed E-state index contributed by atoms with van der Waals surface area (Å²) in [6.45, 7) is 7.95. The molecule has 0 aliphatic heterocycles.